The second kappa shape index (κ2) is 5.53. The number of anilines is 2. The van der Waals surface area contributed by atoms with Crippen LogP contribution in [0.3, 0.4) is 0 Å². The summed E-state index contributed by atoms with van der Waals surface area (Å²) in [7, 11) is 1.83. The van der Waals surface area contributed by atoms with E-state index in [0.717, 1.165) is 18.8 Å². The van der Waals surface area contributed by atoms with Crippen molar-refractivity contribution in [3.8, 4) is 0 Å². The van der Waals surface area contributed by atoms with Crippen LogP contribution in [0.4, 0.5) is 11.8 Å². The maximum atomic E-state index is 4.44. The number of rotatable bonds is 5. The van der Waals surface area contributed by atoms with Crippen molar-refractivity contribution in [3.05, 3.63) is 12.3 Å². The largest absolute Gasteiger partial charge is 0.357 e. The van der Waals surface area contributed by atoms with Crippen LogP contribution < -0.4 is 10.2 Å². The molecule has 1 atom stereocenters. The fourth-order valence-corrected chi connectivity index (χ4v) is 1.55. The fourth-order valence-electron chi connectivity index (χ4n) is 1.55. The van der Waals surface area contributed by atoms with Crippen LogP contribution in [0.15, 0.2) is 12.3 Å². The van der Waals surface area contributed by atoms with Crippen molar-refractivity contribution in [1.82, 2.24) is 9.97 Å². The first-order valence-electron chi connectivity index (χ1n) is 5.50. The third kappa shape index (κ3) is 2.81. The smallest absolute Gasteiger partial charge is 0.224 e. The Balaban J connectivity index is 2.91. The molecule has 1 heterocycles. The van der Waals surface area contributed by atoms with Gasteiger partial charge in [0.25, 0.3) is 0 Å². The van der Waals surface area contributed by atoms with Crippen LogP contribution in [-0.4, -0.2) is 29.6 Å². The van der Waals surface area contributed by atoms with Crippen LogP contribution in [0.5, 0.6) is 0 Å². The molecule has 0 radical (unpaired) electrons. The summed E-state index contributed by atoms with van der Waals surface area (Å²) in [5.41, 5.74) is 0. The van der Waals surface area contributed by atoms with Gasteiger partial charge < -0.3 is 10.2 Å². The molecule has 4 nitrogen and oxygen atoms in total. The van der Waals surface area contributed by atoms with Gasteiger partial charge in [-0.05, 0) is 26.3 Å². The third-order valence-electron chi connectivity index (χ3n) is 2.62. The Morgan fingerprint density at radius 3 is 2.73 bits per heavy atom. The molecule has 0 aliphatic carbocycles. The van der Waals surface area contributed by atoms with E-state index < -0.39 is 0 Å². The Morgan fingerprint density at radius 2 is 2.20 bits per heavy atom. The van der Waals surface area contributed by atoms with Gasteiger partial charge in [0.2, 0.25) is 5.95 Å². The molecule has 0 fully saturated rings. The quantitative estimate of drug-likeness (QED) is 0.805. The molecule has 0 saturated carbocycles. The number of aromatic nitrogens is 2. The minimum atomic E-state index is 0.509. The zero-order chi connectivity index (χ0) is 11.3. The summed E-state index contributed by atoms with van der Waals surface area (Å²) in [5, 5.41) is 2.95. The average Bonchev–Trinajstić information content (AvgIpc) is 2.30. The van der Waals surface area contributed by atoms with E-state index in [0.29, 0.717) is 12.0 Å². The van der Waals surface area contributed by atoms with E-state index in [-0.39, 0.29) is 0 Å². The Morgan fingerprint density at radius 1 is 1.47 bits per heavy atom. The highest BCUT2D eigenvalue weighted by Gasteiger charge is 2.12. The lowest BCUT2D eigenvalue weighted by molar-refractivity contribution is 0.622. The van der Waals surface area contributed by atoms with Gasteiger partial charge in [0.05, 0.1) is 0 Å². The van der Waals surface area contributed by atoms with Gasteiger partial charge in [0, 0.05) is 25.8 Å². The van der Waals surface area contributed by atoms with Gasteiger partial charge in [0.15, 0.2) is 0 Å². The Labute approximate surface area is 91.7 Å². The van der Waals surface area contributed by atoms with E-state index >= 15 is 0 Å². The van der Waals surface area contributed by atoms with E-state index in [9.17, 15) is 0 Å². The number of hydrogen-bond donors (Lipinski definition) is 1. The molecule has 15 heavy (non-hydrogen) atoms. The highest BCUT2D eigenvalue weighted by molar-refractivity contribution is 5.42. The lowest BCUT2D eigenvalue weighted by atomic mass is 10.2. The molecule has 1 aromatic rings. The molecule has 1 rings (SSSR count). The van der Waals surface area contributed by atoms with Gasteiger partial charge in [-0.15, -0.1) is 0 Å². The van der Waals surface area contributed by atoms with Crippen molar-refractivity contribution < 1.29 is 0 Å². The minimum absolute atomic E-state index is 0.509. The maximum Gasteiger partial charge on any atom is 0.224 e. The van der Waals surface area contributed by atoms with Crippen molar-refractivity contribution in [2.75, 3.05) is 23.8 Å². The van der Waals surface area contributed by atoms with E-state index in [1.807, 2.05) is 13.1 Å². The first-order chi connectivity index (χ1) is 7.22. The summed E-state index contributed by atoms with van der Waals surface area (Å²) >= 11 is 0. The molecular weight excluding hydrogens is 188 g/mol. The van der Waals surface area contributed by atoms with Gasteiger partial charge >= 0.3 is 0 Å². The fraction of sp³-hybridized carbons (Fsp3) is 0.636. The topological polar surface area (TPSA) is 41.1 Å². The molecule has 0 amide bonds. The summed E-state index contributed by atoms with van der Waals surface area (Å²) in [6, 6.07) is 2.46. The predicted octanol–water partition coefficient (Wildman–Crippen LogP) is 2.14. The van der Waals surface area contributed by atoms with Crippen molar-refractivity contribution >= 4 is 11.8 Å². The molecule has 84 valence electrons. The van der Waals surface area contributed by atoms with Crippen molar-refractivity contribution in [2.24, 2.45) is 0 Å². The summed E-state index contributed by atoms with van der Waals surface area (Å²) < 4.78 is 0. The van der Waals surface area contributed by atoms with Crippen LogP contribution in [0.1, 0.15) is 27.2 Å². The van der Waals surface area contributed by atoms with Gasteiger partial charge in [-0.3, -0.25) is 0 Å². The maximum absolute atomic E-state index is 4.44. The molecule has 1 unspecified atom stereocenters. The average molecular weight is 208 g/mol. The van der Waals surface area contributed by atoms with Gasteiger partial charge in [-0.25, -0.2) is 4.98 Å². The van der Waals surface area contributed by atoms with E-state index in [1.165, 1.54) is 0 Å². The monoisotopic (exact) mass is 208 g/mol. The SMILES string of the molecule is CCC(C)N(CC)c1ccnc(NC)n1. The Kier molecular flexibility index (Phi) is 4.34. The molecule has 1 aromatic heterocycles. The highest BCUT2D eigenvalue weighted by atomic mass is 15.2. The number of hydrogen-bond acceptors (Lipinski definition) is 4. The zero-order valence-electron chi connectivity index (χ0n) is 9.99. The molecule has 0 bridgehead atoms. The lowest BCUT2D eigenvalue weighted by Gasteiger charge is -2.28. The molecule has 0 spiro atoms. The van der Waals surface area contributed by atoms with Crippen LogP contribution in [0.25, 0.3) is 0 Å². The second-order valence-electron chi connectivity index (χ2n) is 3.53. The predicted molar refractivity (Wildman–Crippen MR) is 64.4 cm³/mol. The molecule has 0 aromatic carbocycles. The van der Waals surface area contributed by atoms with Gasteiger partial charge in [-0.2, -0.15) is 4.98 Å². The molecule has 0 aliphatic rings. The second-order valence-corrected chi connectivity index (χ2v) is 3.53. The van der Waals surface area contributed by atoms with Crippen LogP contribution in [0.2, 0.25) is 0 Å². The van der Waals surface area contributed by atoms with E-state index in [2.05, 4.69) is 41.0 Å². The zero-order valence-corrected chi connectivity index (χ0v) is 9.99. The number of nitrogens with one attached hydrogen (secondary N) is 1. The highest BCUT2D eigenvalue weighted by Crippen LogP contribution is 2.16. The Hall–Kier alpha value is -1.32. The lowest BCUT2D eigenvalue weighted by Crippen LogP contribution is -2.33. The van der Waals surface area contributed by atoms with Crippen molar-refractivity contribution in [2.45, 2.75) is 33.2 Å². The molecule has 1 N–H and O–H groups in total. The van der Waals surface area contributed by atoms with Crippen LogP contribution in [0, 0.1) is 0 Å². The molecule has 0 saturated heterocycles. The molecule has 0 aliphatic heterocycles. The summed E-state index contributed by atoms with van der Waals surface area (Å²) in [6.45, 7) is 7.51. The third-order valence-corrected chi connectivity index (χ3v) is 2.62. The van der Waals surface area contributed by atoms with Crippen LogP contribution >= 0.6 is 0 Å². The summed E-state index contributed by atoms with van der Waals surface area (Å²) in [4.78, 5) is 10.8. The first-order valence-corrected chi connectivity index (χ1v) is 5.50. The van der Waals surface area contributed by atoms with Gasteiger partial charge in [-0.1, -0.05) is 6.92 Å². The first kappa shape index (κ1) is 11.8. The van der Waals surface area contributed by atoms with E-state index in [1.54, 1.807) is 6.20 Å². The van der Waals surface area contributed by atoms with Gasteiger partial charge in [0.1, 0.15) is 5.82 Å². The normalized spacial score (nSPS) is 12.3. The van der Waals surface area contributed by atoms with Crippen LogP contribution in [-0.2, 0) is 0 Å². The summed E-state index contributed by atoms with van der Waals surface area (Å²) in [6.07, 6.45) is 2.91. The molecular formula is C11H20N4. The standard InChI is InChI=1S/C11H20N4/c1-5-9(3)15(6-2)10-7-8-13-11(12-4)14-10/h7-9H,5-6H2,1-4H3,(H,12,13,14). The Bertz CT molecular complexity index is 300. The van der Waals surface area contributed by atoms with Crippen molar-refractivity contribution in [3.63, 3.8) is 0 Å². The van der Waals surface area contributed by atoms with E-state index in [4.69, 9.17) is 0 Å². The number of nitrogens with zero attached hydrogens (tertiary/aromatic N) is 3. The minimum Gasteiger partial charge on any atom is -0.357 e. The summed E-state index contributed by atoms with van der Waals surface area (Å²) in [5.74, 6) is 1.67. The van der Waals surface area contributed by atoms with Crippen molar-refractivity contribution in [1.29, 1.82) is 0 Å². The molecule has 4 heteroatoms.